The SMILES string of the molecule is C[C@@H]1CC(=O)C2=C(O1)O[C@]1(C)CC[C@]3(O)C(C)(C)C(=O)C=C[C@@]3(C)[C@@H]1C2. The van der Waals surface area contributed by atoms with Crippen molar-refractivity contribution < 1.29 is 24.2 Å². The van der Waals surface area contributed by atoms with Crippen LogP contribution in [-0.4, -0.2) is 34.0 Å². The first-order valence-electron chi connectivity index (χ1n) is 9.53. The number of allylic oxidation sites excluding steroid dienone is 2. The van der Waals surface area contributed by atoms with Crippen LogP contribution in [-0.2, 0) is 19.1 Å². The Morgan fingerprint density at radius 2 is 1.81 bits per heavy atom. The number of rotatable bonds is 0. The van der Waals surface area contributed by atoms with E-state index in [1.807, 2.05) is 40.7 Å². The van der Waals surface area contributed by atoms with Crippen molar-refractivity contribution in [3.05, 3.63) is 23.7 Å². The molecular weight excluding hydrogens is 332 g/mol. The van der Waals surface area contributed by atoms with Gasteiger partial charge in [0, 0.05) is 17.8 Å². The molecule has 5 nitrogen and oxygen atoms in total. The zero-order valence-corrected chi connectivity index (χ0v) is 16.2. The summed E-state index contributed by atoms with van der Waals surface area (Å²) in [5.74, 6) is 0.269. The van der Waals surface area contributed by atoms with Crippen molar-refractivity contribution in [1.29, 1.82) is 0 Å². The highest BCUT2D eigenvalue weighted by Gasteiger charge is 2.69. The van der Waals surface area contributed by atoms with Crippen LogP contribution in [0.4, 0.5) is 0 Å². The average molecular weight is 360 g/mol. The molecule has 1 N–H and O–H groups in total. The molecule has 0 unspecified atom stereocenters. The molecule has 4 aliphatic rings. The fourth-order valence-corrected chi connectivity index (χ4v) is 5.74. The van der Waals surface area contributed by atoms with E-state index in [1.165, 1.54) is 0 Å². The van der Waals surface area contributed by atoms with Gasteiger partial charge in [0.25, 0.3) is 5.95 Å². The van der Waals surface area contributed by atoms with Crippen molar-refractivity contribution in [2.75, 3.05) is 0 Å². The maximum absolute atomic E-state index is 12.6. The number of fused-ring (bicyclic) bond motifs is 3. The third-order valence-electron chi connectivity index (χ3n) is 7.66. The van der Waals surface area contributed by atoms with E-state index >= 15 is 0 Å². The predicted octanol–water partition coefficient (Wildman–Crippen LogP) is 3.07. The Kier molecular flexibility index (Phi) is 3.42. The van der Waals surface area contributed by atoms with E-state index in [9.17, 15) is 14.7 Å². The molecule has 0 aromatic carbocycles. The monoisotopic (exact) mass is 360 g/mol. The summed E-state index contributed by atoms with van der Waals surface area (Å²) in [7, 11) is 0. The highest BCUT2D eigenvalue weighted by atomic mass is 16.7. The highest BCUT2D eigenvalue weighted by molar-refractivity contribution is 5.98. The molecule has 0 aromatic rings. The number of ether oxygens (including phenoxy) is 2. The quantitative estimate of drug-likeness (QED) is 0.719. The van der Waals surface area contributed by atoms with Gasteiger partial charge < -0.3 is 14.6 Å². The zero-order chi connectivity index (χ0) is 19.1. The van der Waals surface area contributed by atoms with Crippen molar-refractivity contribution in [1.82, 2.24) is 0 Å². The second-order valence-electron chi connectivity index (χ2n) is 9.46. The van der Waals surface area contributed by atoms with E-state index in [-0.39, 0.29) is 23.6 Å². The van der Waals surface area contributed by atoms with Gasteiger partial charge >= 0.3 is 0 Å². The van der Waals surface area contributed by atoms with Crippen LogP contribution >= 0.6 is 0 Å². The van der Waals surface area contributed by atoms with Crippen LogP contribution in [0, 0.1) is 16.7 Å². The molecule has 0 saturated heterocycles. The largest absolute Gasteiger partial charge is 0.462 e. The second kappa shape index (κ2) is 5.00. The van der Waals surface area contributed by atoms with E-state index in [0.29, 0.717) is 37.2 Å². The Balaban J connectivity index is 1.84. The molecule has 0 spiro atoms. The molecule has 2 aliphatic carbocycles. The van der Waals surface area contributed by atoms with Crippen LogP contribution in [0.25, 0.3) is 0 Å². The first-order chi connectivity index (χ1) is 11.9. The van der Waals surface area contributed by atoms with Gasteiger partial charge in [-0.2, -0.15) is 0 Å². The summed E-state index contributed by atoms with van der Waals surface area (Å²) in [4.78, 5) is 25.1. The van der Waals surface area contributed by atoms with Crippen LogP contribution in [0.3, 0.4) is 0 Å². The van der Waals surface area contributed by atoms with E-state index in [1.54, 1.807) is 6.08 Å². The van der Waals surface area contributed by atoms with Crippen LogP contribution in [0.5, 0.6) is 0 Å². The van der Waals surface area contributed by atoms with Gasteiger partial charge in [-0.25, -0.2) is 0 Å². The van der Waals surface area contributed by atoms with Crippen molar-refractivity contribution in [3.8, 4) is 0 Å². The molecule has 0 radical (unpaired) electrons. The minimum absolute atomic E-state index is 0.0522. The summed E-state index contributed by atoms with van der Waals surface area (Å²) in [6.45, 7) is 9.57. The molecule has 2 aliphatic heterocycles. The molecule has 5 heteroatoms. The molecule has 26 heavy (non-hydrogen) atoms. The van der Waals surface area contributed by atoms with E-state index < -0.39 is 22.0 Å². The van der Waals surface area contributed by atoms with Gasteiger partial charge in [-0.15, -0.1) is 0 Å². The highest BCUT2D eigenvalue weighted by Crippen LogP contribution is 2.64. The lowest BCUT2D eigenvalue weighted by Gasteiger charge is -2.64. The lowest BCUT2D eigenvalue weighted by Crippen LogP contribution is -2.70. The Morgan fingerprint density at radius 1 is 1.12 bits per heavy atom. The molecule has 1 saturated carbocycles. The summed E-state index contributed by atoms with van der Waals surface area (Å²) in [5.41, 5.74) is -2.67. The Bertz CT molecular complexity index is 762. The number of carbonyl (C=O) groups is 2. The number of hydrogen-bond donors (Lipinski definition) is 1. The molecule has 0 aromatic heterocycles. The van der Waals surface area contributed by atoms with Crippen molar-refractivity contribution in [3.63, 3.8) is 0 Å². The van der Waals surface area contributed by atoms with Crippen molar-refractivity contribution in [2.24, 2.45) is 16.7 Å². The number of carbonyl (C=O) groups excluding carboxylic acids is 2. The fourth-order valence-electron chi connectivity index (χ4n) is 5.74. The summed E-state index contributed by atoms with van der Waals surface area (Å²) in [5, 5.41) is 11.7. The third-order valence-corrected chi connectivity index (χ3v) is 7.66. The topological polar surface area (TPSA) is 72.8 Å². The Labute approximate surface area is 154 Å². The molecule has 2 heterocycles. The summed E-state index contributed by atoms with van der Waals surface area (Å²) >= 11 is 0. The number of aliphatic hydroxyl groups is 1. The van der Waals surface area contributed by atoms with Gasteiger partial charge in [0.05, 0.1) is 16.6 Å². The first-order valence-corrected chi connectivity index (χ1v) is 9.53. The van der Waals surface area contributed by atoms with E-state index in [0.717, 1.165) is 0 Å². The fraction of sp³-hybridized carbons (Fsp3) is 0.714. The minimum atomic E-state index is -1.18. The van der Waals surface area contributed by atoms with Crippen molar-refractivity contribution in [2.45, 2.75) is 77.6 Å². The summed E-state index contributed by atoms with van der Waals surface area (Å²) in [6, 6.07) is 0. The average Bonchev–Trinajstić information content (AvgIpc) is 2.54. The van der Waals surface area contributed by atoms with Gasteiger partial charge in [0.2, 0.25) is 0 Å². The summed E-state index contributed by atoms with van der Waals surface area (Å²) in [6.07, 6.45) is 5.21. The maximum atomic E-state index is 12.6. The Hall–Kier alpha value is -1.62. The molecule has 4 rings (SSSR count). The standard InChI is InChI=1S/C21H28O5/c1-12-10-14(22)13-11-15-19(4)7-6-16(23)18(2,3)21(19,24)9-8-20(15,5)26-17(13)25-12/h6-7,12,15,24H,8-11H2,1-5H3/t12-,15+,19+,20-,21+/m1/s1. The maximum Gasteiger partial charge on any atom is 0.286 e. The number of Topliss-reactive ketones (excluding diaryl/α,β-unsaturated/α-hetero) is 1. The number of hydrogen-bond acceptors (Lipinski definition) is 5. The van der Waals surface area contributed by atoms with E-state index in [2.05, 4.69) is 0 Å². The number of ketones is 2. The Morgan fingerprint density at radius 3 is 2.50 bits per heavy atom. The smallest absolute Gasteiger partial charge is 0.286 e. The third kappa shape index (κ3) is 1.95. The molecule has 0 amide bonds. The van der Waals surface area contributed by atoms with Crippen LogP contribution in [0.2, 0.25) is 0 Å². The van der Waals surface area contributed by atoms with Crippen LogP contribution in [0.15, 0.2) is 23.7 Å². The van der Waals surface area contributed by atoms with Crippen LogP contribution < -0.4 is 0 Å². The van der Waals surface area contributed by atoms with E-state index in [4.69, 9.17) is 9.47 Å². The molecule has 142 valence electrons. The minimum Gasteiger partial charge on any atom is -0.462 e. The molecular formula is C21H28O5. The van der Waals surface area contributed by atoms with Crippen molar-refractivity contribution >= 4 is 11.6 Å². The molecule has 0 bridgehead atoms. The predicted molar refractivity (Wildman–Crippen MR) is 95.0 cm³/mol. The van der Waals surface area contributed by atoms with Gasteiger partial charge in [-0.05, 0) is 53.0 Å². The normalized spacial score (nSPS) is 46.7. The van der Waals surface area contributed by atoms with Gasteiger partial charge in [-0.1, -0.05) is 13.0 Å². The van der Waals surface area contributed by atoms with Gasteiger partial charge in [-0.3, -0.25) is 9.59 Å². The molecule has 5 atom stereocenters. The lowest BCUT2D eigenvalue weighted by atomic mass is 9.44. The summed E-state index contributed by atoms with van der Waals surface area (Å²) < 4.78 is 12.1. The lowest BCUT2D eigenvalue weighted by molar-refractivity contribution is -0.249. The molecule has 1 fully saturated rings. The zero-order valence-electron chi connectivity index (χ0n) is 16.2. The van der Waals surface area contributed by atoms with Gasteiger partial charge in [0.15, 0.2) is 11.6 Å². The first kappa shape index (κ1) is 17.8. The second-order valence-corrected chi connectivity index (χ2v) is 9.46. The van der Waals surface area contributed by atoms with Gasteiger partial charge in [0.1, 0.15) is 11.7 Å². The van der Waals surface area contributed by atoms with Crippen LogP contribution in [0.1, 0.15) is 60.3 Å².